The Bertz CT molecular complexity index is 204. The lowest BCUT2D eigenvalue weighted by molar-refractivity contribution is 0.377. The summed E-state index contributed by atoms with van der Waals surface area (Å²) in [5, 5.41) is 0. The van der Waals surface area contributed by atoms with Crippen LogP contribution in [0.5, 0.6) is 0 Å². The van der Waals surface area contributed by atoms with Crippen molar-refractivity contribution in [2.45, 2.75) is 25.8 Å². The van der Waals surface area contributed by atoms with Gasteiger partial charge in [0.15, 0.2) is 0 Å². The van der Waals surface area contributed by atoms with Crippen molar-refractivity contribution in [2.24, 2.45) is 17.4 Å². The second-order valence-electron chi connectivity index (χ2n) is 3.54. The summed E-state index contributed by atoms with van der Waals surface area (Å²) in [6, 6.07) is 0. The van der Waals surface area contributed by atoms with Gasteiger partial charge in [-0.2, -0.15) is 0 Å². The summed E-state index contributed by atoms with van der Waals surface area (Å²) in [5.74, 6) is 0.436. The normalized spacial score (nSPS) is 30.7. The van der Waals surface area contributed by atoms with E-state index in [0.29, 0.717) is 5.92 Å². The van der Waals surface area contributed by atoms with Gasteiger partial charge in [-0.05, 0) is 12.0 Å². The Morgan fingerprint density at radius 1 is 1.55 bits per heavy atom. The molecule has 0 aliphatic heterocycles. The molecule has 0 heterocycles. The van der Waals surface area contributed by atoms with Crippen LogP contribution in [0.15, 0.2) is 23.9 Å². The molecule has 2 heteroatoms. The summed E-state index contributed by atoms with van der Waals surface area (Å²) in [7, 11) is 0. The maximum atomic E-state index is 6.08. The van der Waals surface area contributed by atoms with Crippen molar-refractivity contribution >= 4 is 0 Å². The number of nitrogens with two attached hydrogens (primary N) is 2. The molecule has 0 radical (unpaired) electrons. The fourth-order valence-corrected chi connectivity index (χ4v) is 1.22. The van der Waals surface area contributed by atoms with Gasteiger partial charge < -0.3 is 11.5 Å². The minimum absolute atomic E-state index is 0.223. The molecule has 1 aliphatic rings. The zero-order valence-electron chi connectivity index (χ0n) is 7.17. The van der Waals surface area contributed by atoms with E-state index in [1.54, 1.807) is 0 Å². The summed E-state index contributed by atoms with van der Waals surface area (Å²) in [6.07, 6.45) is 6.67. The van der Waals surface area contributed by atoms with Gasteiger partial charge in [0.25, 0.3) is 0 Å². The van der Waals surface area contributed by atoms with E-state index in [1.165, 1.54) is 0 Å². The van der Waals surface area contributed by atoms with Gasteiger partial charge in [-0.25, -0.2) is 0 Å². The summed E-state index contributed by atoms with van der Waals surface area (Å²) in [5.41, 5.74) is 12.4. The first-order valence-corrected chi connectivity index (χ1v) is 3.97. The molecule has 2 nitrogen and oxygen atoms in total. The van der Waals surface area contributed by atoms with E-state index in [0.717, 1.165) is 12.1 Å². The molecule has 4 N–H and O–H groups in total. The highest BCUT2D eigenvalue weighted by atomic mass is 14.8. The highest BCUT2D eigenvalue weighted by Crippen LogP contribution is 2.25. The molecule has 0 bridgehead atoms. The van der Waals surface area contributed by atoms with E-state index < -0.39 is 0 Å². The monoisotopic (exact) mass is 152 g/mol. The molecule has 0 saturated carbocycles. The van der Waals surface area contributed by atoms with Crippen molar-refractivity contribution in [3.05, 3.63) is 23.9 Å². The average molecular weight is 152 g/mol. The Labute approximate surface area is 68.0 Å². The van der Waals surface area contributed by atoms with Crippen LogP contribution in [0.25, 0.3) is 0 Å². The Kier molecular flexibility index (Phi) is 2.05. The van der Waals surface area contributed by atoms with Crippen LogP contribution < -0.4 is 11.5 Å². The first-order chi connectivity index (χ1) is 5.04. The molecule has 1 rings (SSSR count). The lowest BCUT2D eigenvalue weighted by Crippen LogP contribution is -2.45. The first-order valence-electron chi connectivity index (χ1n) is 3.97. The maximum absolute atomic E-state index is 6.08. The molecule has 1 atom stereocenters. The smallest absolute Gasteiger partial charge is 0.0420 e. The average Bonchev–Trinajstić information content (AvgIpc) is 1.86. The van der Waals surface area contributed by atoms with Gasteiger partial charge in [0, 0.05) is 17.7 Å². The van der Waals surface area contributed by atoms with E-state index in [9.17, 15) is 0 Å². The molecule has 11 heavy (non-hydrogen) atoms. The third-order valence-electron chi connectivity index (χ3n) is 2.30. The van der Waals surface area contributed by atoms with Crippen molar-refractivity contribution in [1.29, 1.82) is 0 Å². The van der Waals surface area contributed by atoms with Crippen LogP contribution in [-0.4, -0.2) is 5.54 Å². The van der Waals surface area contributed by atoms with Crippen molar-refractivity contribution < 1.29 is 0 Å². The number of allylic oxidation sites excluding steroid dienone is 2. The first kappa shape index (κ1) is 8.34. The van der Waals surface area contributed by atoms with E-state index >= 15 is 0 Å². The number of hydrogen-bond donors (Lipinski definition) is 2. The van der Waals surface area contributed by atoms with E-state index in [1.807, 2.05) is 18.2 Å². The van der Waals surface area contributed by atoms with Crippen LogP contribution in [-0.2, 0) is 0 Å². The SMILES string of the molecule is CC(C)C1(N)C=CC=C(N)C1. The number of rotatable bonds is 1. The lowest BCUT2D eigenvalue weighted by Gasteiger charge is -2.32. The fraction of sp³-hybridized carbons (Fsp3) is 0.556. The molecular weight excluding hydrogens is 136 g/mol. The van der Waals surface area contributed by atoms with Gasteiger partial charge in [-0.15, -0.1) is 0 Å². The second kappa shape index (κ2) is 2.70. The molecule has 0 amide bonds. The third-order valence-corrected chi connectivity index (χ3v) is 2.30. The van der Waals surface area contributed by atoms with Gasteiger partial charge >= 0.3 is 0 Å². The molecule has 0 aromatic rings. The van der Waals surface area contributed by atoms with Crippen molar-refractivity contribution in [1.82, 2.24) is 0 Å². The Hall–Kier alpha value is -0.760. The molecule has 0 aromatic heterocycles. The van der Waals surface area contributed by atoms with Crippen LogP contribution in [0.1, 0.15) is 20.3 Å². The molecule has 0 aromatic carbocycles. The highest BCUT2D eigenvalue weighted by Gasteiger charge is 2.27. The minimum atomic E-state index is -0.223. The maximum Gasteiger partial charge on any atom is 0.0420 e. The van der Waals surface area contributed by atoms with Gasteiger partial charge in [0.2, 0.25) is 0 Å². The van der Waals surface area contributed by atoms with Crippen LogP contribution in [0.4, 0.5) is 0 Å². The molecule has 1 aliphatic carbocycles. The predicted octanol–water partition coefficient (Wildman–Crippen LogP) is 1.14. The van der Waals surface area contributed by atoms with E-state index in [4.69, 9.17) is 11.5 Å². The summed E-state index contributed by atoms with van der Waals surface area (Å²) in [6.45, 7) is 4.23. The van der Waals surface area contributed by atoms with E-state index in [2.05, 4.69) is 13.8 Å². The molecular formula is C9H16N2. The Morgan fingerprint density at radius 3 is 2.55 bits per heavy atom. The minimum Gasteiger partial charge on any atom is -0.402 e. The zero-order chi connectivity index (χ0) is 8.48. The summed E-state index contributed by atoms with van der Waals surface area (Å²) >= 11 is 0. The Balaban J connectivity index is 2.78. The molecule has 1 unspecified atom stereocenters. The highest BCUT2D eigenvalue weighted by molar-refractivity contribution is 5.25. The predicted molar refractivity (Wildman–Crippen MR) is 47.8 cm³/mol. The standard InChI is InChI=1S/C9H16N2/c1-7(2)9(11)5-3-4-8(10)6-9/h3-5,7H,6,10-11H2,1-2H3. The Morgan fingerprint density at radius 2 is 2.18 bits per heavy atom. The zero-order valence-corrected chi connectivity index (χ0v) is 7.17. The molecule has 0 fully saturated rings. The van der Waals surface area contributed by atoms with Gasteiger partial charge in [0.05, 0.1) is 0 Å². The third kappa shape index (κ3) is 1.63. The van der Waals surface area contributed by atoms with Crippen LogP contribution in [0, 0.1) is 5.92 Å². The summed E-state index contributed by atoms with van der Waals surface area (Å²) in [4.78, 5) is 0. The second-order valence-corrected chi connectivity index (χ2v) is 3.54. The van der Waals surface area contributed by atoms with Crippen LogP contribution >= 0.6 is 0 Å². The number of hydrogen-bond acceptors (Lipinski definition) is 2. The lowest BCUT2D eigenvalue weighted by atomic mass is 9.81. The molecule has 0 saturated heterocycles. The van der Waals surface area contributed by atoms with Gasteiger partial charge in [-0.3, -0.25) is 0 Å². The van der Waals surface area contributed by atoms with Gasteiger partial charge in [0.1, 0.15) is 0 Å². The van der Waals surface area contributed by atoms with Crippen molar-refractivity contribution in [3.8, 4) is 0 Å². The largest absolute Gasteiger partial charge is 0.402 e. The van der Waals surface area contributed by atoms with Crippen LogP contribution in [0.2, 0.25) is 0 Å². The van der Waals surface area contributed by atoms with Gasteiger partial charge in [-0.1, -0.05) is 26.0 Å². The summed E-state index contributed by atoms with van der Waals surface area (Å²) < 4.78 is 0. The van der Waals surface area contributed by atoms with E-state index in [-0.39, 0.29) is 5.54 Å². The van der Waals surface area contributed by atoms with Crippen LogP contribution in [0.3, 0.4) is 0 Å². The quantitative estimate of drug-likeness (QED) is 0.592. The molecule has 0 spiro atoms. The topological polar surface area (TPSA) is 52.0 Å². The van der Waals surface area contributed by atoms with Crippen molar-refractivity contribution in [2.75, 3.05) is 0 Å². The fourth-order valence-electron chi connectivity index (χ4n) is 1.22. The molecule has 62 valence electrons. The van der Waals surface area contributed by atoms with Crippen molar-refractivity contribution in [3.63, 3.8) is 0 Å².